The molecular weight excluding hydrogens is 218 g/mol. The summed E-state index contributed by atoms with van der Waals surface area (Å²) in [6.45, 7) is 0. The molecule has 5 nitrogen and oxygen atoms in total. The first-order chi connectivity index (χ1) is 7.93. The number of nitrogens with two attached hydrogens (primary N) is 3. The maximum atomic E-state index is 9.77. The van der Waals surface area contributed by atoms with Gasteiger partial charge in [-0.2, -0.15) is 0 Å². The summed E-state index contributed by atoms with van der Waals surface area (Å²) >= 11 is 0. The van der Waals surface area contributed by atoms with Gasteiger partial charge in [0.1, 0.15) is 0 Å². The van der Waals surface area contributed by atoms with Gasteiger partial charge in [-0.25, -0.2) is 0 Å². The van der Waals surface area contributed by atoms with E-state index in [9.17, 15) is 10.2 Å². The van der Waals surface area contributed by atoms with Gasteiger partial charge in [-0.05, 0) is 29.3 Å². The van der Waals surface area contributed by atoms with Gasteiger partial charge in [0.25, 0.3) is 0 Å². The van der Waals surface area contributed by atoms with E-state index in [4.69, 9.17) is 17.2 Å². The molecule has 0 heterocycles. The molecule has 1 aliphatic rings. The second-order valence-corrected chi connectivity index (χ2v) is 4.07. The van der Waals surface area contributed by atoms with Crippen LogP contribution in [0.5, 0.6) is 0 Å². The van der Waals surface area contributed by atoms with Crippen LogP contribution >= 0.6 is 0 Å². The predicted molar refractivity (Wildman–Crippen MR) is 66.2 cm³/mol. The van der Waals surface area contributed by atoms with Crippen LogP contribution in [0.4, 0.5) is 5.69 Å². The SMILES string of the molecule is NC1=CC=C(c2ccc(N)cc2)C(N)C1(O)O. The first kappa shape index (κ1) is 11.7. The monoisotopic (exact) mass is 233 g/mol. The summed E-state index contributed by atoms with van der Waals surface area (Å²) < 4.78 is 0. The minimum Gasteiger partial charge on any atom is -0.399 e. The van der Waals surface area contributed by atoms with Gasteiger partial charge >= 0.3 is 0 Å². The number of benzene rings is 1. The number of aliphatic hydroxyl groups is 2. The molecule has 1 aromatic rings. The highest BCUT2D eigenvalue weighted by Gasteiger charge is 2.39. The van der Waals surface area contributed by atoms with Gasteiger partial charge in [0.2, 0.25) is 5.79 Å². The fourth-order valence-corrected chi connectivity index (χ4v) is 1.75. The molecule has 1 unspecified atom stereocenters. The van der Waals surface area contributed by atoms with Gasteiger partial charge < -0.3 is 27.4 Å². The maximum Gasteiger partial charge on any atom is 0.224 e. The maximum absolute atomic E-state index is 9.77. The molecule has 5 heteroatoms. The average Bonchev–Trinajstić information content (AvgIpc) is 2.29. The predicted octanol–water partition coefficient (Wildman–Crippen LogP) is -0.483. The molecule has 0 saturated carbocycles. The van der Waals surface area contributed by atoms with Crippen molar-refractivity contribution in [2.24, 2.45) is 11.5 Å². The lowest BCUT2D eigenvalue weighted by atomic mass is 9.87. The summed E-state index contributed by atoms with van der Waals surface area (Å²) in [6, 6.07) is 6.00. The van der Waals surface area contributed by atoms with Crippen LogP contribution in [-0.4, -0.2) is 22.0 Å². The van der Waals surface area contributed by atoms with Gasteiger partial charge in [0.15, 0.2) is 0 Å². The van der Waals surface area contributed by atoms with E-state index in [2.05, 4.69) is 0 Å². The number of hydrogen-bond donors (Lipinski definition) is 5. The minimum atomic E-state index is -2.22. The highest BCUT2D eigenvalue weighted by molar-refractivity contribution is 5.75. The fraction of sp³-hybridized carbons (Fsp3) is 0.167. The van der Waals surface area contributed by atoms with Crippen molar-refractivity contribution in [2.45, 2.75) is 11.8 Å². The van der Waals surface area contributed by atoms with E-state index >= 15 is 0 Å². The van der Waals surface area contributed by atoms with Crippen molar-refractivity contribution in [1.82, 2.24) is 0 Å². The summed E-state index contributed by atoms with van der Waals surface area (Å²) in [5, 5.41) is 19.5. The van der Waals surface area contributed by atoms with E-state index in [1.54, 1.807) is 30.3 Å². The first-order valence-corrected chi connectivity index (χ1v) is 5.17. The molecular formula is C12H15N3O2. The fourth-order valence-electron chi connectivity index (χ4n) is 1.75. The van der Waals surface area contributed by atoms with E-state index in [1.807, 2.05) is 0 Å². The van der Waals surface area contributed by atoms with Crippen LogP contribution in [-0.2, 0) is 0 Å². The van der Waals surface area contributed by atoms with Crippen molar-refractivity contribution in [3.05, 3.63) is 47.7 Å². The largest absolute Gasteiger partial charge is 0.399 e. The van der Waals surface area contributed by atoms with Gasteiger partial charge in [0.05, 0.1) is 11.7 Å². The van der Waals surface area contributed by atoms with E-state index in [0.29, 0.717) is 11.3 Å². The molecule has 0 fully saturated rings. The van der Waals surface area contributed by atoms with Crippen molar-refractivity contribution in [3.63, 3.8) is 0 Å². The third-order valence-electron chi connectivity index (χ3n) is 2.88. The molecule has 1 aliphatic carbocycles. The molecule has 0 spiro atoms. The van der Waals surface area contributed by atoms with Crippen LogP contribution < -0.4 is 17.2 Å². The van der Waals surface area contributed by atoms with Crippen LogP contribution in [0.15, 0.2) is 42.1 Å². The lowest BCUT2D eigenvalue weighted by Crippen LogP contribution is -2.53. The van der Waals surface area contributed by atoms with Crippen molar-refractivity contribution in [1.29, 1.82) is 0 Å². The third-order valence-corrected chi connectivity index (χ3v) is 2.88. The second kappa shape index (κ2) is 3.89. The Balaban J connectivity index is 2.43. The van der Waals surface area contributed by atoms with E-state index in [0.717, 1.165) is 5.56 Å². The van der Waals surface area contributed by atoms with E-state index in [1.165, 1.54) is 6.08 Å². The second-order valence-electron chi connectivity index (χ2n) is 4.07. The van der Waals surface area contributed by atoms with Gasteiger partial charge in [0, 0.05) is 5.69 Å². The zero-order valence-corrected chi connectivity index (χ0v) is 9.17. The van der Waals surface area contributed by atoms with Crippen LogP contribution in [0, 0.1) is 0 Å². The quantitative estimate of drug-likeness (QED) is 0.331. The Morgan fingerprint density at radius 1 is 1.00 bits per heavy atom. The molecule has 1 atom stereocenters. The summed E-state index contributed by atoms with van der Waals surface area (Å²) in [5.74, 6) is -2.22. The number of nitrogen functional groups attached to an aromatic ring is 1. The van der Waals surface area contributed by atoms with Gasteiger partial charge in [-0.3, -0.25) is 0 Å². The number of hydrogen-bond acceptors (Lipinski definition) is 5. The Labute approximate surface area is 98.8 Å². The van der Waals surface area contributed by atoms with Crippen LogP contribution in [0.25, 0.3) is 5.57 Å². The highest BCUT2D eigenvalue weighted by Crippen LogP contribution is 2.30. The summed E-state index contributed by atoms with van der Waals surface area (Å²) in [6.07, 6.45) is 3.12. The molecule has 90 valence electrons. The molecule has 17 heavy (non-hydrogen) atoms. The van der Waals surface area contributed by atoms with Crippen molar-refractivity contribution < 1.29 is 10.2 Å². The Bertz CT molecular complexity index is 489. The van der Waals surface area contributed by atoms with Crippen molar-refractivity contribution in [3.8, 4) is 0 Å². The molecule has 2 rings (SSSR count). The normalized spacial score (nSPS) is 22.9. The van der Waals surface area contributed by atoms with Crippen LogP contribution in [0.3, 0.4) is 0 Å². The zero-order valence-electron chi connectivity index (χ0n) is 9.17. The summed E-state index contributed by atoms with van der Waals surface area (Å²) in [7, 11) is 0. The molecule has 0 amide bonds. The molecule has 0 aromatic heterocycles. The van der Waals surface area contributed by atoms with E-state index < -0.39 is 11.8 Å². The lowest BCUT2D eigenvalue weighted by molar-refractivity contribution is -0.134. The Morgan fingerprint density at radius 3 is 2.18 bits per heavy atom. The highest BCUT2D eigenvalue weighted by atomic mass is 16.5. The molecule has 0 bridgehead atoms. The number of anilines is 1. The summed E-state index contributed by atoms with van der Waals surface area (Å²) in [5.41, 5.74) is 18.8. The molecule has 0 radical (unpaired) electrons. The van der Waals surface area contributed by atoms with Gasteiger partial charge in [-0.1, -0.05) is 18.2 Å². The third kappa shape index (κ3) is 1.91. The summed E-state index contributed by atoms with van der Waals surface area (Å²) in [4.78, 5) is 0. The first-order valence-electron chi connectivity index (χ1n) is 5.17. The van der Waals surface area contributed by atoms with Crippen LogP contribution in [0.1, 0.15) is 5.56 Å². The van der Waals surface area contributed by atoms with E-state index in [-0.39, 0.29) is 5.70 Å². The molecule has 1 aromatic carbocycles. The Morgan fingerprint density at radius 2 is 1.59 bits per heavy atom. The molecule has 8 N–H and O–H groups in total. The zero-order chi connectivity index (χ0) is 12.6. The topological polar surface area (TPSA) is 119 Å². The Hall–Kier alpha value is -1.82. The van der Waals surface area contributed by atoms with Crippen molar-refractivity contribution in [2.75, 3.05) is 5.73 Å². The average molecular weight is 233 g/mol. The smallest absolute Gasteiger partial charge is 0.224 e. The van der Waals surface area contributed by atoms with Gasteiger partial charge in [-0.15, -0.1) is 0 Å². The Kier molecular flexibility index (Phi) is 2.66. The lowest BCUT2D eigenvalue weighted by Gasteiger charge is -2.33. The van der Waals surface area contributed by atoms with Crippen LogP contribution in [0.2, 0.25) is 0 Å². The minimum absolute atomic E-state index is 0.0656. The standard InChI is InChI=1S/C12H15N3O2/c13-8-3-1-7(2-4-8)9-5-6-10(14)12(16,17)11(9)15/h1-6,11,16-17H,13-15H2. The molecule has 0 aliphatic heterocycles. The van der Waals surface area contributed by atoms with Crippen molar-refractivity contribution >= 4 is 11.3 Å². The number of allylic oxidation sites excluding steroid dienone is 2. The molecule has 0 saturated heterocycles. The number of rotatable bonds is 1.